The lowest BCUT2D eigenvalue weighted by molar-refractivity contribution is 0.0594. The van der Waals surface area contributed by atoms with Crippen LogP contribution >= 0.6 is 0 Å². The first kappa shape index (κ1) is 23.7. The standard InChI is InChI=1S/C26H28N8O2/c1-36-16-15-32-11-13-33(14-12-32)26(35)21-9-7-20(8-10-21)17-29-31-24-23-18-30-34(25(23)28-19-27-24)22-5-3-2-4-6-22/h2-10,18-19H,11-17H2,1H3. The van der Waals surface area contributed by atoms with Crippen LogP contribution in [0.15, 0.2) is 77.3 Å². The number of aromatic nitrogens is 4. The Labute approximate surface area is 209 Å². The van der Waals surface area contributed by atoms with E-state index in [1.807, 2.05) is 59.5 Å². The van der Waals surface area contributed by atoms with Crippen molar-refractivity contribution in [2.75, 3.05) is 46.4 Å². The monoisotopic (exact) mass is 484 g/mol. The number of hydrogen-bond donors (Lipinski definition) is 0. The van der Waals surface area contributed by atoms with Crippen molar-refractivity contribution in [1.29, 1.82) is 0 Å². The average Bonchev–Trinajstić information content (AvgIpc) is 3.38. The highest BCUT2D eigenvalue weighted by molar-refractivity contribution is 5.94. The fourth-order valence-electron chi connectivity index (χ4n) is 4.18. The predicted octanol–water partition coefficient (Wildman–Crippen LogP) is 3.50. The maximum atomic E-state index is 12.9. The molecule has 36 heavy (non-hydrogen) atoms. The molecule has 1 aliphatic rings. The summed E-state index contributed by atoms with van der Waals surface area (Å²) in [6, 6.07) is 17.3. The molecule has 2 aromatic heterocycles. The predicted molar refractivity (Wildman–Crippen MR) is 136 cm³/mol. The van der Waals surface area contributed by atoms with Gasteiger partial charge in [0.2, 0.25) is 0 Å². The number of ether oxygens (including phenoxy) is 1. The number of azo groups is 1. The van der Waals surface area contributed by atoms with Crippen LogP contribution in [0.25, 0.3) is 16.7 Å². The average molecular weight is 485 g/mol. The number of carbonyl (C=O) groups excluding carboxylic acids is 1. The summed E-state index contributed by atoms with van der Waals surface area (Å²) in [6.45, 7) is 5.19. The topological polar surface area (TPSA) is 101 Å². The molecule has 1 fully saturated rings. The van der Waals surface area contributed by atoms with E-state index < -0.39 is 0 Å². The summed E-state index contributed by atoms with van der Waals surface area (Å²) in [5, 5.41) is 13.8. The molecule has 184 valence electrons. The molecule has 10 nitrogen and oxygen atoms in total. The molecule has 0 bridgehead atoms. The first-order chi connectivity index (χ1) is 17.7. The van der Waals surface area contributed by atoms with E-state index in [1.54, 1.807) is 18.0 Å². The SMILES string of the molecule is COCCN1CCN(C(=O)c2ccc(CN=Nc3ncnc4c3cnn4-c3ccccc3)cc2)CC1. The molecule has 1 saturated heterocycles. The molecule has 10 heteroatoms. The normalized spacial score (nSPS) is 14.6. The highest BCUT2D eigenvalue weighted by Gasteiger charge is 2.21. The third-order valence-corrected chi connectivity index (χ3v) is 6.24. The first-order valence-corrected chi connectivity index (χ1v) is 11.9. The summed E-state index contributed by atoms with van der Waals surface area (Å²) in [4.78, 5) is 25.7. The van der Waals surface area contributed by atoms with Gasteiger partial charge in [-0.15, -0.1) is 5.11 Å². The summed E-state index contributed by atoms with van der Waals surface area (Å²) in [6.07, 6.45) is 3.17. The van der Waals surface area contributed by atoms with Crippen molar-refractivity contribution in [3.8, 4) is 5.69 Å². The van der Waals surface area contributed by atoms with E-state index in [2.05, 4.69) is 30.2 Å². The lowest BCUT2D eigenvalue weighted by atomic mass is 10.1. The molecule has 5 rings (SSSR count). The van der Waals surface area contributed by atoms with Gasteiger partial charge in [-0.05, 0) is 29.8 Å². The Hall–Kier alpha value is -4.02. The van der Waals surface area contributed by atoms with Crippen molar-refractivity contribution in [3.63, 3.8) is 0 Å². The fourth-order valence-corrected chi connectivity index (χ4v) is 4.18. The number of piperazine rings is 1. The summed E-state index contributed by atoms with van der Waals surface area (Å²) in [5.41, 5.74) is 3.24. The molecular formula is C26H28N8O2. The maximum absolute atomic E-state index is 12.9. The van der Waals surface area contributed by atoms with E-state index in [0.29, 0.717) is 30.2 Å². The zero-order valence-corrected chi connectivity index (χ0v) is 20.2. The van der Waals surface area contributed by atoms with Crippen molar-refractivity contribution >= 4 is 22.8 Å². The molecule has 0 aliphatic carbocycles. The van der Waals surface area contributed by atoms with Crippen LogP contribution in [0.5, 0.6) is 0 Å². The summed E-state index contributed by atoms with van der Waals surface area (Å²) in [5.74, 6) is 0.534. The van der Waals surface area contributed by atoms with Gasteiger partial charge in [0, 0.05) is 45.4 Å². The third kappa shape index (κ3) is 5.29. The van der Waals surface area contributed by atoms with E-state index in [9.17, 15) is 4.79 Å². The van der Waals surface area contributed by atoms with Gasteiger partial charge in [0.05, 0.1) is 30.4 Å². The molecular weight excluding hydrogens is 456 g/mol. The van der Waals surface area contributed by atoms with Crippen molar-refractivity contribution in [3.05, 3.63) is 78.2 Å². The Balaban J connectivity index is 1.20. The van der Waals surface area contributed by atoms with E-state index in [4.69, 9.17) is 4.74 Å². The van der Waals surface area contributed by atoms with Crippen LogP contribution in [-0.4, -0.2) is 81.9 Å². The number of methoxy groups -OCH3 is 1. The van der Waals surface area contributed by atoms with Crippen LogP contribution in [0.2, 0.25) is 0 Å². The van der Waals surface area contributed by atoms with Crippen LogP contribution in [0.1, 0.15) is 15.9 Å². The fraction of sp³-hybridized carbons (Fsp3) is 0.308. The summed E-state index contributed by atoms with van der Waals surface area (Å²) < 4.78 is 6.90. The van der Waals surface area contributed by atoms with Crippen molar-refractivity contribution in [2.24, 2.45) is 10.2 Å². The highest BCUT2D eigenvalue weighted by atomic mass is 16.5. The number of rotatable bonds is 8. The number of carbonyl (C=O) groups is 1. The van der Waals surface area contributed by atoms with Gasteiger partial charge in [-0.25, -0.2) is 14.6 Å². The Kier molecular flexibility index (Phi) is 7.34. The molecule has 0 atom stereocenters. The van der Waals surface area contributed by atoms with Crippen LogP contribution < -0.4 is 0 Å². The molecule has 1 aliphatic heterocycles. The van der Waals surface area contributed by atoms with E-state index >= 15 is 0 Å². The molecule has 1 amide bonds. The second kappa shape index (κ2) is 11.1. The van der Waals surface area contributed by atoms with Gasteiger partial charge >= 0.3 is 0 Å². The highest BCUT2D eigenvalue weighted by Crippen LogP contribution is 2.24. The lowest BCUT2D eigenvalue weighted by Crippen LogP contribution is -2.49. The quantitative estimate of drug-likeness (QED) is 0.355. The minimum atomic E-state index is 0.0633. The number of hydrogen-bond acceptors (Lipinski definition) is 8. The molecule has 4 aromatic rings. The molecule has 0 N–H and O–H groups in total. The second-order valence-electron chi connectivity index (χ2n) is 8.55. The Morgan fingerprint density at radius 1 is 1.00 bits per heavy atom. The van der Waals surface area contributed by atoms with Gasteiger partial charge in [-0.2, -0.15) is 10.2 Å². The van der Waals surface area contributed by atoms with Gasteiger partial charge in [-0.1, -0.05) is 30.3 Å². The van der Waals surface area contributed by atoms with Crippen LogP contribution in [-0.2, 0) is 11.3 Å². The van der Waals surface area contributed by atoms with Gasteiger partial charge in [0.25, 0.3) is 5.91 Å². The molecule has 0 spiro atoms. The van der Waals surface area contributed by atoms with Gasteiger partial charge in [0.1, 0.15) is 6.33 Å². The summed E-state index contributed by atoms with van der Waals surface area (Å²) in [7, 11) is 1.71. The second-order valence-corrected chi connectivity index (χ2v) is 8.55. The maximum Gasteiger partial charge on any atom is 0.253 e. The zero-order valence-electron chi connectivity index (χ0n) is 20.2. The molecule has 0 unspecified atom stereocenters. The Morgan fingerprint density at radius 2 is 1.78 bits per heavy atom. The smallest absolute Gasteiger partial charge is 0.253 e. The number of para-hydroxylation sites is 1. The van der Waals surface area contributed by atoms with Crippen LogP contribution in [0, 0.1) is 0 Å². The molecule has 2 aromatic carbocycles. The van der Waals surface area contributed by atoms with Crippen molar-refractivity contribution in [1.82, 2.24) is 29.5 Å². The Bertz CT molecular complexity index is 1330. The van der Waals surface area contributed by atoms with Gasteiger partial charge in [-0.3, -0.25) is 9.69 Å². The van der Waals surface area contributed by atoms with Gasteiger partial charge < -0.3 is 9.64 Å². The zero-order chi connectivity index (χ0) is 24.7. The van der Waals surface area contributed by atoms with E-state index in [1.165, 1.54) is 6.33 Å². The van der Waals surface area contributed by atoms with E-state index in [-0.39, 0.29) is 5.91 Å². The van der Waals surface area contributed by atoms with Crippen LogP contribution in [0.3, 0.4) is 0 Å². The largest absolute Gasteiger partial charge is 0.383 e. The number of fused-ring (bicyclic) bond motifs is 1. The summed E-state index contributed by atoms with van der Waals surface area (Å²) >= 11 is 0. The van der Waals surface area contributed by atoms with Gasteiger partial charge in [0.15, 0.2) is 11.5 Å². The minimum Gasteiger partial charge on any atom is -0.383 e. The van der Waals surface area contributed by atoms with Crippen molar-refractivity contribution < 1.29 is 9.53 Å². The molecule has 0 radical (unpaired) electrons. The minimum absolute atomic E-state index is 0.0633. The number of amides is 1. The molecule has 0 saturated carbocycles. The van der Waals surface area contributed by atoms with Crippen molar-refractivity contribution in [2.45, 2.75) is 6.54 Å². The third-order valence-electron chi connectivity index (χ3n) is 6.24. The molecule has 3 heterocycles. The van der Waals surface area contributed by atoms with E-state index in [0.717, 1.165) is 49.4 Å². The Morgan fingerprint density at radius 3 is 2.53 bits per heavy atom. The number of benzene rings is 2. The first-order valence-electron chi connectivity index (χ1n) is 11.9. The van der Waals surface area contributed by atoms with Crippen LogP contribution in [0.4, 0.5) is 5.82 Å². The lowest BCUT2D eigenvalue weighted by Gasteiger charge is -2.34. The number of nitrogens with zero attached hydrogens (tertiary/aromatic N) is 8.